The largest absolute Gasteiger partial charge is 0.249 e. The van der Waals surface area contributed by atoms with Crippen molar-refractivity contribution in [3.8, 4) is 0 Å². The van der Waals surface area contributed by atoms with E-state index in [0.717, 1.165) is 16.2 Å². The van der Waals surface area contributed by atoms with Crippen LogP contribution >= 0.6 is 0 Å². The van der Waals surface area contributed by atoms with Crippen molar-refractivity contribution >= 4 is 10.8 Å². The molecule has 0 N–H and O–H groups in total. The van der Waals surface area contributed by atoms with Crippen molar-refractivity contribution in [2.24, 2.45) is 0 Å². The average molecular weight is 208 g/mol. The van der Waals surface area contributed by atoms with Gasteiger partial charge in [-0.15, -0.1) is 0 Å². The highest BCUT2D eigenvalue weighted by atomic mass is 32.2. The van der Waals surface area contributed by atoms with Gasteiger partial charge in [0.1, 0.15) is 0 Å². The fraction of sp³-hybridized carbons (Fsp3) is 0.333. The number of aryl methyl sites for hydroxylation is 1. The van der Waals surface area contributed by atoms with E-state index in [4.69, 9.17) is 0 Å². The molecule has 0 saturated heterocycles. The van der Waals surface area contributed by atoms with Gasteiger partial charge in [0.2, 0.25) is 0 Å². The van der Waals surface area contributed by atoms with Crippen molar-refractivity contribution in [3.63, 3.8) is 0 Å². The molecule has 1 aromatic rings. The van der Waals surface area contributed by atoms with Crippen LogP contribution in [0.1, 0.15) is 25.8 Å². The molecule has 0 fully saturated rings. The monoisotopic (exact) mass is 208 g/mol. The first kappa shape index (κ1) is 11.2. The van der Waals surface area contributed by atoms with Crippen LogP contribution in [-0.4, -0.2) is 4.21 Å². The molecule has 1 atom stereocenters. The molecule has 0 amide bonds. The number of rotatable bonds is 3. The van der Waals surface area contributed by atoms with Crippen molar-refractivity contribution in [2.75, 3.05) is 0 Å². The van der Waals surface area contributed by atoms with Crippen molar-refractivity contribution in [3.05, 3.63) is 40.8 Å². The summed E-state index contributed by atoms with van der Waals surface area (Å²) in [6, 6.07) is 7.86. The van der Waals surface area contributed by atoms with Gasteiger partial charge < -0.3 is 0 Å². The van der Waals surface area contributed by atoms with Gasteiger partial charge in [-0.3, -0.25) is 0 Å². The second kappa shape index (κ2) is 5.11. The zero-order valence-electron chi connectivity index (χ0n) is 8.91. The Hall–Kier alpha value is -0.890. The van der Waals surface area contributed by atoms with Gasteiger partial charge in [0.15, 0.2) is 0 Å². The predicted octanol–water partition coefficient (Wildman–Crippen LogP) is 3.42. The molecule has 0 aliphatic heterocycles. The van der Waals surface area contributed by atoms with Crippen LogP contribution in [-0.2, 0) is 10.8 Å². The molecule has 0 saturated carbocycles. The van der Waals surface area contributed by atoms with E-state index in [-0.39, 0.29) is 0 Å². The molecule has 0 heterocycles. The standard InChI is InChI=1S/C12H16OS/c1-4-11(5-2)14(13)12-8-6-10(3)7-9-12/h4,6-9H,5H2,1-3H3/b11-4+/t14-/m1/s1. The minimum Gasteiger partial charge on any atom is -0.249 e. The van der Waals surface area contributed by atoms with E-state index < -0.39 is 10.8 Å². The molecule has 0 aliphatic rings. The Morgan fingerprint density at radius 3 is 2.36 bits per heavy atom. The lowest BCUT2D eigenvalue weighted by molar-refractivity contribution is 0.685. The lowest BCUT2D eigenvalue weighted by atomic mass is 10.2. The minimum absolute atomic E-state index is 0.844. The highest BCUT2D eigenvalue weighted by Gasteiger charge is 2.06. The van der Waals surface area contributed by atoms with Crippen molar-refractivity contribution < 1.29 is 4.21 Å². The van der Waals surface area contributed by atoms with Crippen LogP contribution in [0.4, 0.5) is 0 Å². The van der Waals surface area contributed by atoms with E-state index >= 15 is 0 Å². The van der Waals surface area contributed by atoms with Crippen LogP contribution in [0.15, 0.2) is 40.1 Å². The van der Waals surface area contributed by atoms with E-state index in [1.807, 2.05) is 51.1 Å². The van der Waals surface area contributed by atoms with E-state index in [2.05, 4.69) is 0 Å². The van der Waals surface area contributed by atoms with Crippen molar-refractivity contribution in [1.29, 1.82) is 0 Å². The highest BCUT2D eigenvalue weighted by molar-refractivity contribution is 7.89. The Bertz CT molecular complexity index is 349. The molecule has 0 bridgehead atoms. The zero-order valence-corrected chi connectivity index (χ0v) is 9.73. The number of hydrogen-bond donors (Lipinski definition) is 0. The molecule has 14 heavy (non-hydrogen) atoms. The fourth-order valence-electron chi connectivity index (χ4n) is 1.26. The first-order chi connectivity index (χ1) is 6.69. The molecular formula is C12H16OS. The molecule has 0 spiro atoms. The molecule has 1 nitrogen and oxygen atoms in total. The van der Waals surface area contributed by atoms with Crippen LogP contribution in [0.2, 0.25) is 0 Å². The SMILES string of the molecule is C/C=C(\CC)[S@@](=O)c1ccc(C)cc1. The van der Waals surface area contributed by atoms with Gasteiger partial charge in [-0.2, -0.15) is 0 Å². The minimum atomic E-state index is -0.968. The van der Waals surface area contributed by atoms with Gasteiger partial charge in [-0.25, -0.2) is 4.21 Å². The van der Waals surface area contributed by atoms with Gasteiger partial charge in [0.25, 0.3) is 0 Å². The Kier molecular flexibility index (Phi) is 4.08. The second-order valence-electron chi connectivity index (χ2n) is 3.19. The second-order valence-corrected chi connectivity index (χ2v) is 4.72. The number of hydrogen-bond acceptors (Lipinski definition) is 1. The normalized spacial score (nSPS) is 14.1. The first-order valence-corrected chi connectivity index (χ1v) is 5.97. The Morgan fingerprint density at radius 1 is 1.36 bits per heavy atom. The zero-order chi connectivity index (χ0) is 10.6. The summed E-state index contributed by atoms with van der Waals surface area (Å²) in [6.07, 6.45) is 2.78. The summed E-state index contributed by atoms with van der Waals surface area (Å²) in [7, 11) is -0.968. The van der Waals surface area contributed by atoms with Crippen LogP contribution in [0.25, 0.3) is 0 Å². The van der Waals surface area contributed by atoms with E-state index in [1.165, 1.54) is 5.56 Å². The van der Waals surface area contributed by atoms with Gasteiger partial charge in [0, 0.05) is 9.80 Å². The van der Waals surface area contributed by atoms with Gasteiger partial charge in [0.05, 0.1) is 10.8 Å². The summed E-state index contributed by atoms with van der Waals surface area (Å²) in [5.41, 5.74) is 1.20. The lowest BCUT2D eigenvalue weighted by Crippen LogP contribution is -1.94. The lowest BCUT2D eigenvalue weighted by Gasteiger charge is -2.04. The summed E-state index contributed by atoms with van der Waals surface area (Å²) in [5, 5.41) is 0. The van der Waals surface area contributed by atoms with E-state index in [9.17, 15) is 4.21 Å². The third-order valence-electron chi connectivity index (χ3n) is 2.14. The average Bonchev–Trinajstić information content (AvgIpc) is 2.20. The Labute approximate surface area is 88.3 Å². The van der Waals surface area contributed by atoms with Crippen LogP contribution in [0.3, 0.4) is 0 Å². The molecule has 0 unspecified atom stereocenters. The number of allylic oxidation sites excluding steroid dienone is 2. The summed E-state index contributed by atoms with van der Waals surface area (Å²) in [6.45, 7) is 6.00. The Morgan fingerprint density at radius 2 is 1.93 bits per heavy atom. The number of benzene rings is 1. The maximum Gasteiger partial charge on any atom is 0.0804 e. The van der Waals surface area contributed by atoms with E-state index in [1.54, 1.807) is 0 Å². The van der Waals surface area contributed by atoms with Crippen LogP contribution < -0.4 is 0 Å². The maximum absolute atomic E-state index is 12.0. The molecule has 1 rings (SSSR count). The van der Waals surface area contributed by atoms with Crippen molar-refractivity contribution in [1.82, 2.24) is 0 Å². The van der Waals surface area contributed by atoms with Gasteiger partial charge in [-0.05, 0) is 32.4 Å². The molecule has 1 aromatic carbocycles. The van der Waals surface area contributed by atoms with Gasteiger partial charge >= 0.3 is 0 Å². The molecule has 76 valence electrons. The molecular weight excluding hydrogens is 192 g/mol. The first-order valence-electron chi connectivity index (χ1n) is 4.82. The molecule has 0 aromatic heterocycles. The molecule has 0 aliphatic carbocycles. The quantitative estimate of drug-likeness (QED) is 0.744. The highest BCUT2D eigenvalue weighted by Crippen LogP contribution is 2.17. The summed E-state index contributed by atoms with van der Waals surface area (Å²) < 4.78 is 12.0. The smallest absolute Gasteiger partial charge is 0.0804 e. The Balaban J connectivity index is 2.95. The fourth-order valence-corrected chi connectivity index (χ4v) is 2.42. The van der Waals surface area contributed by atoms with Crippen molar-refractivity contribution in [2.45, 2.75) is 32.1 Å². The third kappa shape index (κ3) is 2.55. The summed E-state index contributed by atoms with van der Waals surface area (Å²) in [4.78, 5) is 1.89. The third-order valence-corrected chi connectivity index (χ3v) is 3.84. The summed E-state index contributed by atoms with van der Waals surface area (Å²) in [5.74, 6) is 0. The van der Waals surface area contributed by atoms with Crippen LogP contribution in [0, 0.1) is 6.92 Å². The summed E-state index contributed by atoms with van der Waals surface area (Å²) >= 11 is 0. The molecule has 0 radical (unpaired) electrons. The molecule has 2 heteroatoms. The van der Waals surface area contributed by atoms with E-state index in [0.29, 0.717) is 0 Å². The maximum atomic E-state index is 12.0. The van der Waals surface area contributed by atoms with Crippen LogP contribution in [0.5, 0.6) is 0 Å². The topological polar surface area (TPSA) is 17.1 Å². The van der Waals surface area contributed by atoms with Gasteiger partial charge in [-0.1, -0.05) is 30.7 Å². The predicted molar refractivity (Wildman–Crippen MR) is 61.6 cm³/mol.